The smallest absolute Gasteiger partial charge is 0.226 e. The van der Waals surface area contributed by atoms with Crippen molar-refractivity contribution in [2.45, 2.75) is 17.7 Å². The molecule has 2 aromatic carbocycles. The van der Waals surface area contributed by atoms with E-state index in [1.165, 1.54) is 12.1 Å². The van der Waals surface area contributed by atoms with E-state index in [1.54, 1.807) is 35.2 Å². The average Bonchev–Trinajstić information content (AvgIpc) is 3.12. The molecule has 0 unspecified atom stereocenters. The van der Waals surface area contributed by atoms with Crippen molar-refractivity contribution in [2.75, 3.05) is 12.3 Å². The zero-order valence-corrected chi connectivity index (χ0v) is 15.8. The van der Waals surface area contributed by atoms with E-state index in [2.05, 4.69) is 10.3 Å². The summed E-state index contributed by atoms with van der Waals surface area (Å²) in [6.07, 6.45) is 1.16. The molecule has 1 aromatic heterocycles. The standard InChI is InChI=1S/C20H19FN2OS2/c21-16-7-9-18(10-8-16)25-12-4-11-22-19(24)13-17-14-26-20(23-17)15-5-2-1-3-6-15/h1-3,5-10,14H,4,11-13H2,(H,22,24). The highest BCUT2D eigenvalue weighted by Crippen LogP contribution is 2.23. The third-order valence-electron chi connectivity index (χ3n) is 3.64. The van der Waals surface area contributed by atoms with E-state index in [-0.39, 0.29) is 11.7 Å². The first kappa shape index (κ1) is 18.6. The summed E-state index contributed by atoms with van der Waals surface area (Å²) in [7, 11) is 0. The summed E-state index contributed by atoms with van der Waals surface area (Å²) in [5.74, 6) is 0.640. The third-order valence-corrected chi connectivity index (χ3v) is 5.68. The number of nitrogens with zero attached hydrogens (tertiary/aromatic N) is 1. The number of thioether (sulfide) groups is 1. The number of nitrogens with one attached hydrogen (secondary N) is 1. The molecule has 1 N–H and O–H groups in total. The van der Waals surface area contributed by atoms with Crippen molar-refractivity contribution in [3.8, 4) is 10.6 Å². The maximum atomic E-state index is 12.8. The highest BCUT2D eigenvalue weighted by Gasteiger charge is 2.08. The number of thiazole rings is 1. The van der Waals surface area contributed by atoms with Crippen molar-refractivity contribution >= 4 is 29.0 Å². The number of carbonyl (C=O) groups is 1. The highest BCUT2D eigenvalue weighted by molar-refractivity contribution is 7.99. The van der Waals surface area contributed by atoms with Crippen LogP contribution >= 0.6 is 23.1 Å². The second kappa shape index (κ2) is 9.50. The number of halogens is 1. The first-order valence-corrected chi connectivity index (χ1v) is 10.2. The van der Waals surface area contributed by atoms with Crippen LogP contribution in [-0.4, -0.2) is 23.2 Å². The van der Waals surface area contributed by atoms with Crippen molar-refractivity contribution in [3.63, 3.8) is 0 Å². The molecule has 0 aliphatic heterocycles. The van der Waals surface area contributed by atoms with Gasteiger partial charge in [0.2, 0.25) is 5.91 Å². The molecular weight excluding hydrogens is 367 g/mol. The number of amides is 1. The minimum Gasteiger partial charge on any atom is -0.356 e. The number of rotatable bonds is 8. The van der Waals surface area contributed by atoms with E-state index < -0.39 is 0 Å². The largest absolute Gasteiger partial charge is 0.356 e. The van der Waals surface area contributed by atoms with Gasteiger partial charge in [0.15, 0.2) is 0 Å². The Labute approximate surface area is 160 Å². The number of aromatic nitrogens is 1. The molecule has 0 aliphatic carbocycles. The van der Waals surface area contributed by atoms with Crippen molar-refractivity contribution in [3.05, 3.63) is 71.5 Å². The number of benzene rings is 2. The Hall–Kier alpha value is -2.18. The van der Waals surface area contributed by atoms with Crippen molar-refractivity contribution in [1.29, 1.82) is 0 Å². The van der Waals surface area contributed by atoms with Crippen LogP contribution in [0.15, 0.2) is 64.9 Å². The molecular formula is C20H19FN2OS2. The molecule has 0 saturated heterocycles. The van der Waals surface area contributed by atoms with Gasteiger partial charge >= 0.3 is 0 Å². The molecule has 1 amide bonds. The summed E-state index contributed by atoms with van der Waals surface area (Å²) in [5.41, 5.74) is 1.87. The fourth-order valence-electron chi connectivity index (χ4n) is 2.35. The number of carbonyl (C=O) groups excluding carboxylic acids is 1. The fraction of sp³-hybridized carbons (Fsp3) is 0.200. The molecule has 26 heavy (non-hydrogen) atoms. The SMILES string of the molecule is O=C(Cc1csc(-c2ccccc2)n1)NCCCSc1ccc(F)cc1. The molecule has 3 aromatic rings. The average molecular weight is 387 g/mol. The van der Waals surface area contributed by atoms with Crippen molar-refractivity contribution < 1.29 is 9.18 Å². The lowest BCUT2D eigenvalue weighted by Gasteiger charge is -2.04. The van der Waals surface area contributed by atoms with Gasteiger partial charge in [0.25, 0.3) is 0 Å². The second-order valence-corrected chi connectivity index (χ2v) is 7.72. The van der Waals surface area contributed by atoms with Gasteiger partial charge in [-0.3, -0.25) is 4.79 Å². The summed E-state index contributed by atoms with van der Waals surface area (Å²) >= 11 is 3.21. The minimum absolute atomic E-state index is 0.0123. The fourth-order valence-corrected chi connectivity index (χ4v) is 4.03. The van der Waals surface area contributed by atoms with Gasteiger partial charge in [0.05, 0.1) is 12.1 Å². The number of hydrogen-bond donors (Lipinski definition) is 1. The first-order chi connectivity index (χ1) is 12.7. The Morgan fingerprint density at radius 2 is 1.88 bits per heavy atom. The van der Waals surface area contributed by atoms with Crippen LogP contribution in [0.2, 0.25) is 0 Å². The predicted octanol–water partition coefficient (Wildman–Crippen LogP) is 4.79. The summed E-state index contributed by atoms with van der Waals surface area (Å²) in [5, 5.41) is 5.80. The van der Waals surface area contributed by atoms with Crippen LogP contribution in [-0.2, 0) is 11.2 Å². The third kappa shape index (κ3) is 5.68. The molecule has 0 spiro atoms. The van der Waals surface area contributed by atoms with Crippen LogP contribution < -0.4 is 5.32 Å². The van der Waals surface area contributed by atoms with E-state index >= 15 is 0 Å². The number of hydrogen-bond acceptors (Lipinski definition) is 4. The van der Waals surface area contributed by atoms with Crippen molar-refractivity contribution in [2.24, 2.45) is 0 Å². The molecule has 3 nitrogen and oxygen atoms in total. The van der Waals surface area contributed by atoms with Gasteiger partial charge in [-0.25, -0.2) is 9.37 Å². The Morgan fingerprint density at radius 1 is 1.12 bits per heavy atom. The molecule has 134 valence electrons. The van der Waals surface area contributed by atoms with Gasteiger partial charge in [-0.05, 0) is 36.4 Å². The van der Waals surface area contributed by atoms with Crippen LogP contribution in [0, 0.1) is 5.82 Å². The zero-order chi connectivity index (χ0) is 18.2. The Bertz CT molecular complexity index is 835. The molecule has 0 atom stereocenters. The van der Waals surface area contributed by atoms with Crippen LogP contribution in [0.4, 0.5) is 4.39 Å². The van der Waals surface area contributed by atoms with Gasteiger partial charge in [0.1, 0.15) is 10.8 Å². The van der Waals surface area contributed by atoms with E-state index in [0.717, 1.165) is 33.3 Å². The van der Waals surface area contributed by atoms with Gasteiger partial charge in [-0.15, -0.1) is 23.1 Å². The van der Waals surface area contributed by atoms with Gasteiger partial charge in [0, 0.05) is 22.4 Å². The van der Waals surface area contributed by atoms with E-state index in [4.69, 9.17) is 0 Å². The van der Waals surface area contributed by atoms with Crippen molar-refractivity contribution in [1.82, 2.24) is 10.3 Å². The van der Waals surface area contributed by atoms with Gasteiger partial charge < -0.3 is 5.32 Å². The summed E-state index contributed by atoms with van der Waals surface area (Å²) < 4.78 is 12.8. The predicted molar refractivity (Wildman–Crippen MR) is 106 cm³/mol. The molecule has 0 saturated carbocycles. The second-order valence-electron chi connectivity index (χ2n) is 5.69. The zero-order valence-electron chi connectivity index (χ0n) is 14.2. The quantitative estimate of drug-likeness (QED) is 0.447. The highest BCUT2D eigenvalue weighted by atomic mass is 32.2. The van der Waals surface area contributed by atoms with E-state index in [0.29, 0.717) is 13.0 Å². The lowest BCUT2D eigenvalue weighted by molar-refractivity contribution is -0.120. The Kier molecular flexibility index (Phi) is 6.80. The molecule has 6 heteroatoms. The van der Waals surface area contributed by atoms with Crippen LogP contribution in [0.1, 0.15) is 12.1 Å². The molecule has 1 heterocycles. The minimum atomic E-state index is -0.223. The Balaban J connectivity index is 1.37. The molecule has 0 radical (unpaired) electrons. The maximum Gasteiger partial charge on any atom is 0.226 e. The van der Waals surface area contributed by atoms with Crippen LogP contribution in [0.3, 0.4) is 0 Å². The van der Waals surface area contributed by atoms with Crippen LogP contribution in [0.25, 0.3) is 10.6 Å². The normalized spacial score (nSPS) is 10.7. The van der Waals surface area contributed by atoms with Crippen LogP contribution in [0.5, 0.6) is 0 Å². The Morgan fingerprint density at radius 3 is 2.65 bits per heavy atom. The monoisotopic (exact) mass is 386 g/mol. The molecule has 0 fully saturated rings. The van der Waals surface area contributed by atoms with E-state index in [1.807, 2.05) is 35.7 Å². The lowest BCUT2D eigenvalue weighted by atomic mass is 10.2. The molecule has 3 rings (SSSR count). The summed E-state index contributed by atoms with van der Waals surface area (Å²) in [6.45, 7) is 0.628. The molecule has 0 aliphatic rings. The topological polar surface area (TPSA) is 42.0 Å². The first-order valence-electron chi connectivity index (χ1n) is 8.35. The molecule has 0 bridgehead atoms. The lowest BCUT2D eigenvalue weighted by Crippen LogP contribution is -2.26. The summed E-state index contributed by atoms with van der Waals surface area (Å²) in [6, 6.07) is 16.4. The maximum absolute atomic E-state index is 12.8. The van der Waals surface area contributed by atoms with E-state index in [9.17, 15) is 9.18 Å². The van der Waals surface area contributed by atoms with Gasteiger partial charge in [-0.1, -0.05) is 30.3 Å². The summed E-state index contributed by atoms with van der Waals surface area (Å²) in [4.78, 5) is 17.6. The van der Waals surface area contributed by atoms with Gasteiger partial charge in [-0.2, -0.15) is 0 Å².